The maximum Gasteiger partial charge on any atom is 0.243 e. The van der Waals surface area contributed by atoms with E-state index >= 15 is 0 Å². The summed E-state index contributed by atoms with van der Waals surface area (Å²) in [6, 6.07) is 20.4. The van der Waals surface area contributed by atoms with E-state index in [-0.39, 0.29) is 16.6 Å². The number of aromatic nitrogens is 2. The van der Waals surface area contributed by atoms with Gasteiger partial charge in [0, 0.05) is 34.4 Å². The molecule has 0 saturated carbocycles. The van der Waals surface area contributed by atoms with E-state index in [1.165, 1.54) is 16.1 Å². The molecule has 11 heteroatoms. The molecule has 0 radical (unpaired) electrons. The molecule has 3 aromatic carbocycles. The van der Waals surface area contributed by atoms with Gasteiger partial charge in [-0.25, -0.2) is 13.4 Å². The smallest absolute Gasteiger partial charge is 0.243 e. The zero-order valence-electron chi connectivity index (χ0n) is 22.8. The third-order valence-electron chi connectivity index (χ3n) is 6.30. The number of amides is 1. The van der Waals surface area contributed by atoms with Gasteiger partial charge in [0.1, 0.15) is 0 Å². The molecule has 0 aliphatic heterocycles. The Labute approximate surface area is 249 Å². The summed E-state index contributed by atoms with van der Waals surface area (Å²) in [6.45, 7) is 7.31. The number of anilines is 1. The van der Waals surface area contributed by atoms with Gasteiger partial charge in [0.25, 0.3) is 0 Å². The van der Waals surface area contributed by atoms with Crippen LogP contribution in [0.3, 0.4) is 0 Å². The molecule has 0 fully saturated rings. The monoisotopic (exact) mass is 616 g/mol. The van der Waals surface area contributed by atoms with Crippen LogP contribution in [0, 0.1) is 0 Å². The van der Waals surface area contributed by atoms with Crippen molar-refractivity contribution in [1.82, 2.24) is 13.9 Å². The van der Waals surface area contributed by atoms with Gasteiger partial charge in [-0.3, -0.25) is 4.79 Å². The predicted molar refractivity (Wildman–Crippen MR) is 166 cm³/mol. The fourth-order valence-corrected chi connectivity index (χ4v) is 7.55. The van der Waals surface area contributed by atoms with E-state index in [4.69, 9.17) is 16.6 Å². The number of sulfonamides is 1. The van der Waals surface area contributed by atoms with E-state index < -0.39 is 10.0 Å². The molecule has 1 aromatic heterocycles. The molecule has 0 saturated heterocycles. The average Bonchev–Trinajstić information content (AvgIpc) is 3.30. The van der Waals surface area contributed by atoms with Crippen molar-refractivity contribution in [3.8, 4) is 0 Å². The van der Waals surface area contributed by atoms with Crippen molar-refractivity contribution in [1.29, 1.82) is 0 Å². The molecule has 0 aliphatic carbocycles. The Morgan fingerprint density at radius 2 is 1.75 bits per heavy atom. The lowest BCUT2D eigenvalue weighted by molar-refractivity contribution is -0.113. The number of para-hydroxylation sites is 1. The lowest BCUT2D eigenvalue weighted by Gasteiger charge is -2.18. The quantitative estimate of drug-likeness (QED) is 0.158. The van der Waals surface area contributed by atoms with Crippen LogP contribution in [0.5, 0.6) is 0 Å². The van der Waals surface area contributed by atoms with Gasteiger partial charge in [-0.2, -0.15) is 4.31 Å². The standard InChI is InChI=1S/C29H33ClN4O3S3/c1-4-7-18-34-26-17-16-23(40(36,37)33(5-2)6-3)19-25(26)32-29(34)38-20-28(35)31-24-10-8-9-11-27(24)39-22-14-12-21(30)13-15-22/h8-17,19H,4-7,18,20H2,1-3H3,(H,31,35). The molecule has 0 aliphatic rings. The molecule has 7 nitrogen and oxygen atoms in total. The van der Waals surface area contributed by atoms with Gasteiger partial charge in [-0.15, -0.1) is 0 Å². The van der Waals surface area contributed by atoms with E-state index in [1.54, 1.807) is 23.9 Å². The SMILES string of the molecule is CCCCn1c(SCC(=O)Nc2ccccc2Sc2ccc(Cl)cc2)nc2cc(S(=O)(=O)N(CC)CC)ccc21. The number of halogens is 1. The number of nitrogens with zero attached hydrogens (tertiary/aromatic N) is 3. The van der Waals surface area contributed by atoms with Crippen molar-refractivity contribution in [3.63, 3.8) is 0 Å². The van der Waals surface area contributed by atoms with Crippen LogP contribution in [0.1, 0.15) is 33.6 Å². The molecule has 0 spiro atoms. The summed E-state index contributed by atoms with van der Waals surface area (Å²) in [6.07, 6.45) is 1.95. The molecule has 4 rings (SSSR count). The van der Waals surface area contributed by atoms with Crippen LogP contribution in [0.15, 0.2) is 86.6 Å². The second-order valence-electron chi connectivity index (χ2n) is 9.03. The highest BCUT2D eigenvalue weighted by Gasteiger charge is 2.23. The summed E-state index contributed by atoms with van der Waals surface area (Å²) in [5.74, 6) is 0.0213. The second-order valence-corrected chi connectivity index (χ2v) is 13.5. The fraction of sp³-hybridized carbons (Fsp3) is 0.310. The Balaban J connectivity index is 1.52. The van der Waals surface area contributed by atoms with Crippen LogP contribution in [0.4, 0.5) is 5.69 Å². The highest BCUT2D eigenvalue weighted by atomic mass is 35.5. The number of fused-ring (bicyclic) bond motifs is 1. The number of carbonyl (C=O) groups excluding carboxylic acids is 1. The van der Waals surface area contributed by atoms with Crippen molar-refractivity contribution < 1.29 is 13.2 Å². The van der Waals surface area contributed by atoms with Crippen LogP contribution < -0.4 is 5.32 Å². The van der Waals surface area contributed by atoms with Gasteiger partial charge >= 0.3 is 0 Å². The summed E-state index contributed by atoms with van der Waals surface area (Å²) < 4.78 is 29.7. The highest BCUT2D eigenvalue weighted by molar-refractivity contribution is 8.00. The third kappa shape index (κ3) is 7.22. The van der Waals surface area contributed by atoms with Crippen LogP contribution in [0.2, 0.25) is 5.02 Å². The first-order chi connectivity index (χ1) is 19.3. The molecule has 0 bridgehead atoms. The summed E-state index contributed by atoms with van der Waals surface area (Å²) in [5.41, 5.74) is 2.20. The van der Waals surface area contributed by atoms with Crippen molar-refractivity contribution >= 4 is 67.8 Å². The molecule has 0 unspecified atom stereocenters. The first kappa shape index (κ1) is 30.5. The van der Waals surface area contributed by atoms with Crippen molar-refractivity contribution in [3.05, 3.63) is 71.8 Å². The molecule has 1 heterocycles. The lowest BCUT2D eigenvalue weighted by Crippen LogP contribution is -2.30. The summed E-state index contributed by atoms with van der Waals surface area (Å²) in [4.78, 5) is 20.0. The van der Waals surface area contributed by atoms with E-state index in [9.17, 15) is 13.2 Å². The maximum absolute atomic E-state index is 13.1. The predicted octanol–water partition coefficient (Wildman–Crippen LogP) is 7.40. The largest absolute Gasteiger partial charge is 0.324 e. The molecule has 1 N–H and O–H groups in total. The minimum Gasteiger partial charge on any atom is -0.324 e. The number of aryl methyl sites for hydroxylation is 1. The van der Waals surface area contributed by atoms with E-state index in [1.807, 2.05) is 68.4 Å². The molecule has 40 heavy (non-hydrogen) atoms. The fourth-order valence-electron chi connectivity index (χ4n) is 4.21. The summed E-state index contributed by atoms with van der Waals surface area (Å²) >= 11 is 8.92. The first-order valence-electron chi connectivity index (χ1n) is 13.2. The van der Waals surface area contributed by atoms with E-state index in [0.29, 0.717) is 28.8 Å². The average molecular weight is 617 g/mol. The number of nitrogens with one attached hydrogen (secondary N) is 1. The molecular formula is C29H33ClN4O3S3. The zero-order valence-corrected chi connectivity index (χ0v) is 26.0. The minimum absolute atomic E-state index is 0.145. The van der Waals surface area contributed by atoms with Crippen LogP contribution in [-0.2, 0) is 21.4 Å². The van der Waals surface area contributed by atoms with Crippen molar-refractivity contribution in [2.75, 3.05) is 24.2 Å². The molecular weight excluding hydrogens is 584 g/mol. The normalized spacial score (nSPS) is 11.8. The van der Waals surface area contributed by atoms with E-state index in [0.717, 1.165) is 40.4 Å². The Bertz CT molecular complexity index is 1570. The Kier molecular flexibility index (Phi) is 10.6. The highest BCUT2D eigenvalue weighted by Crippen LogP contribution is 2.34. The van der Waals surface area contributed by atoms with Crippen molar-refractivity contribution in [2.24, 2.45) is 0 Å². The number of unbranched alkanes of at least 4 members (excludes halogenated alkanes) is 1. The number of imidazole rings is 1. The number of benzene rings is 3. The van der Waals surface area contributed by atoms with Gasteiger partial charge in [0.15, 0.2) is 5.16 Å². The first-order valence-corrected chi connectivity index (χ1v) is 16.8. The van der Waals surface area contributed by atoms with Crippen LogP contribution in [0.25, 0.3) is 11.0 Å². The van der Waals surface area contributed by atoms with Gasteiger partial charge in [0.05, 0.1) is 27.4 Å². The topological polar surface area (TPSA) is 84.3 Å². The van der Waals surface area contributed by atoms with Crippen LogP contribution in [-0.4, -0.2) is 47.0 Å². The summed E-state index contributed by atoms with van der Waals surface area (Å²) in [5, 5.41) is 4.40. The van der Waals surface area contributed by atoms with Gasteiger partial charge in [0.2, 0.25) is 15.9 Å². The van der Waals surface area contributed by atoms with Gasteiger partial charge < -0.3 is 9.88 Å². The summed E-state index contributed by atoms with van der Waals surface area (Å²) in [7, 11) is -3.60. The lowest BCUT2D eigenvalue weighted by atomic mass is 10.3. The Hall–Kier alpha value is -2.50. The third-order valence-corrected chi connectivity index (χ3v) is 10.7. The molecule has 1 amide bonds. The van der Waals surface area contributed by atoms with Gasteiger partial charge in [-0.1, -0.05) is 74.4 Å². The number of hydrogen-bond donors (Lipinski definition) is 1. The molecule has 4 aromatic rings. The Morgan fingerprint density at radius 1 is 1.02 bits per heavy atom. The molecule has 0 atom stereocenters. The minimum atomic E-state index is -3.60. The van der Waals surface area contributed by atoms with E-state index in [2.05, 4.69) is 16.8 Å². The maximum atomic E-state index is 13.1. The number of rotatable bonds is 13. The van der Waals surface area contributed by atoms with Crippen LogP contribution >= 0.6 is 35.1 Å². The zero-order chi connectivity index (χ0) is 28.7. The second kappa shape index (κ2) is 13.9. The number of hydrogen-bond acceptors (Lipinski definition) is 6. The number of thioether (sulfide) groups is 1. The Morgan fingerprint density at radius 3 is 2.45 bits per heavy atom. The van der Waals surface area contributed by atoms with Crippen molar-refractivity contribution in [2.45, 2.75) is 60.0 Å². The molecule has 212 valence electrons. The van der Waals surface area contributed by atoms with Gasteiger partial charge in [-0.05, 0) is 61.0 Å². The number of carbonyl (C=O) groups is 1.